The number of carbonyl (C=O) groups excluding carboxylic acids is 3. The minimum atomic E-state index is -1.22. The Kier molecular flexibility index (Phi) is 7.41. The van der Waals surface area contributed by atoms with Gasteiger partial charge in [0.15, 0.2) is 0 Å². The van der Waals surface area contributed by atoms with Crippen LogP contribution in [0.4, 0.5) is 0 Å². The van der Waals surface area contributed by atoms with Crippen molar-refractivity contribution in [3.63, 3.8) is 0 Å². The van der Waals surface area contributed by atoms with E-state index in [-0.39, 0.29) is 30.4 Å². The highest BCUT2D eigenvalue weighted by molar-refractivity contribution is 5.99. The SMILES string of the molecule is CC(C)(C)CC(C)(C)N1CC=C[C@]23O[C@@H]4C=CCCOC(=O)[C@@H]4[C@H]2C(=O)N(CCCCCO)C3C1=O. The Morgan fingerprint density at radius 1 is 1.06 bits per heavy atom. The molecule has 1 spiro atoms. The molecule has 4 aliphatic heterocycles. The molecule has 0 aromatic heterocycles. The van der Waals surface area contributed by atoms with Crippen molar-refractivity contribution in [2.45, 2.75) is 90.0 Å². The molecule has 8 heteroatoms. The minimum Gasteiger partial charge on any atom is -0.465 e. The molecule has 1 unspecified atom stereocenters. The number of amides is 2. The summed E-state index contributed by atoms with van der Waals surface area (Å²) in [5.74, 6) is -2.40. The monoisotopic (exact) mass is 502 g/mol. The lowest BCUT2D eigenvalue weighted by Gasteiger charge is -2.44. The van der Waals surface area contributed by atoms with Gasteiger partial charge in [-0.05, 0) is 51.4 Å². The standard InChI is InChI=1S/C28H42N2O6/c1-26(2,3)18-27(4,5)30-15-11-13-28-21(20-19(36-28)12-7-10-17-35-25(20)34)23(32)29(22(28)24(30)33)14-8-6-9-16-31/h7,11-13,19-22,31H,6,8-10,14-18H2,1-5H3/t19-,20+,21+,22?,28+/m1/s1. The first-order chi connectivity index (χ1) is 16.9. The average Bonchev–Trinajstić information content (AvgIpc) is 3.13. The lowest BCUT2D eigenvalue weighted by molar-refractivity contribution is -0.156. The van der Waals surface area contributed by atoms with Crippen molar-refractivity contribution in [1.82, 2.24) is 9.80 Å². The Balaban J connectivity index is 1.76. The van der Waals surface area contributed by atoms with Crippen molar-refractivity contribution in [2.24, 2.45) is 17.3 Å². The van der Waals surface area contributed by atoms with E-state index in [9.17, 15) is 19.5 Å². The smallest absolute Gasteiger partial charge is 0.312 e. The fraction of sp³-hybridized carbons (Fsp3) is 0.750. The van der Waals surface area contributed by atoms with E-state index >= 15 is 0 Å². The van der Waals surface area contributed by atoms with Crippen LogP contribution in [0.1, 0.15) is 66.7 Å². The summed E-state index contributed by atoms with van der Waals surface area (Å²) < 4.78 is 12.1. The van der Waals surface area contributed by atoms with Gasteiger partial charge in [-0.1, -0.05) is 45.1 Å². The van der Waals surface area contributed by atoms with Crippen LogP contribution >= 0.6 is 0 Å². The first kappa shape index (κ1) is 26.9. The molecule has 0 aromatic rings. The number of likely N-dealkylation sites (tertiary alicyclic amines) is 1. The zero-order valence-corrected chi connectivity index (χ0v) is 22.4. The van der Waals surface area contributed by atoms with E-state index in [4.69, 9.17) is 9.47 Å². The third-order valence-corrected chi connectivity index (χ3v) is 7.87. The number of rotatable bonds is 7. The second kappa shape index (κ2) is 9.93. The highest BCUT2D eigenvalue weighted by Gasteiger charge is 2.72. The molecule has 0 aliphatic carbocycles. The van der Waals surface area contributed by atoms with Gasteiger partial charge in [-0.15, -0.1) is 0 Å². The normalized spacial score (nSPS) is 32.6. The predicted molar refractivity (Wildman–Crippen MR) is 135 cm³/mol. The highest BCUT2D eigenvalue weighted by Crippen LogP contribution is 2.53. The molecule has 1 N–H and O–H groups in total. The van der Waals surface area contributed by atoms with E-state index in [1.54, 1.807) is 4.90 Å². The molecule has 8 nitrogen and oxygen atoms in total. The van der Waals surface area contributed by atoms with Crippen LogP contribution in [0, 0.1) is 17.3 Å². The second-order valence-electron chi connectivity index (χ2n) is 12.4. The van der Waals surface area contributed by atoms with Crippen LogP contribution < -0.4 is 0 Å². The van der Waals surface area contributed by atoms with Crippen molar-refractivity contribution in [1.29, 1.82) is 0 Å². The first-order valence-corrected chi connectivity index (χ1v) is 13.3. The predicted octanol–water partition coefficient (Wildman–Crippen LogP) is 2.85. The number of nitrogens with zero attached hydrogens (tertiary/aromatic N) is 2. The number of hydrogen-bond donors (Lipinski definition) is 1. The van der Waals surface area contributed by atoms with Crippen LogP contribution in [-0.2, 0) is 23.9 Å². The second-order valence-corrected chi connectivity index (χ2v) is 12.4. The van der Waals surface area contributed by atoms with E-state index in [1.165, 1.54) is 0 Å². The molecule has 4 heterocycles. The molecule has 0 bridgehead atoms. The van der Waals surface area contributed by atoms with Gasteiger partial charge in [0.25, 0.3) is 0 Å². The molecule has 200 valence electrons. The fourth-order valence-corrected chi connectivity index (χ4v) is 6.86. The molecule has 0 aromatic carbocycles. The summed E-state index contributed by atoms with van der Waals surface area (Å²) in [6, 6.07) is -0.850. The summed E-state index contributed by atoms with van der Waals surface area (Å²) in [6.07, 6.45) is 10.4. The highest BCUT2D eigenvalue weighted by atomic mass is 16.6. The number of esters is 1. The molecule has 36 heavy (non-hydrogen) atoms. The summed E-state index contributed by atoms with van der Waals surface area (Å²) in [4.78, 5) is 45.0. The lowest BCUT2D eigenvalue weighted by Crippen LogP contribution is -2.59. The minimum absolute atomic E-state index is 0.000643. The van der Waals surface area contributed by atoms with Crippen LogP contribution in [0.5, 0.6) is 0 Å². The maximum absolute atomic E-state index is 14.4. The molecule has 0 saturated carbocycles. The van der Waals surface area contributed by atoms with Gasteiger partial charge in [0.05, 0.1) is 18.6 Å². The van der Waals surface area contributed by atoms with Gasteiger partial charge in [-0.3, -0.25) is 14.4 Å². The van der Waals surface area contributed by atoms with Crippen LogP contribution in [0.3, 0.4) is 0 Å². The van der Waals surface area contributed by atoms with Crippen LogP contribution in [0.15, 0.2) is 24.3 Å². The van der Waals surface area contributed by atoms with E-state index in [2.05, 4.69) is 34.6 Å². The van der Waals surface area contributed by atoms with E-state index in [0.29, 0.717) is 32.4 Å². The van der Waals surface area contributed by atoms with Crippen molar-refractivity contribution >= 4 is 17.8 Å². The summed E-state index contributed by atoms with van der Waals surface area (Å²) in [6.45, 7) is 11.8. The van der Waals surface area contributed by atoms with Crippen molar-refractivity contribution in [3.8, 4) is 0 Å². The number of unbranched alkanes of at least 4 members (excludes halogenated alkanes) is 2. The maximum Gasteiger partial charge on any atom is 0.312 e. The van der Waals surface area contributed by atoms with Gasteiger partial charge < -0.3 is 24.4 Å². The Hall–Kier alpha value is -2.19. The van der Waals surface area contributed by atoms with Gasteiger partial charge in [0.2, 0.25) is 11.8 Å². The number of carbonyl (C=O) groups is 3. The van der Waals surface area contributed by atoms with Gasteiger partial charge in [0, 0.05) is 25.2 Å². The summed E-state index contributed by atoms with van der Waals surface area (Å²) in [5, 5.41) is 9.20. The van der Waals surface area contributed by atoms with Gasteiger partial charge in [0.1, 0.15) is 17.6 Å². The Labute approximate surface area is 214 Å². The van der Waals surface area contributed by atoms with Crippen LogP contribution in [-0.4, -0.2) is 82.3 Å². The zero-order chi connectivity index (χ0) is 26.3. The number of ether oxygens (including phenoxy) is 2. The Morgan fingerprint density at radius 2 is 1.81 bits per heavy atom. The van der Waals surface area contributed by atoms with E-state index < -0.39 is 41.1 Å². The molecule has 4 aliphatic rings. The Bertz CT molecular complexity index is 935. The van der Waals surface area contributed by atoms with Crippen molar-refractivity contribution in [2.75, 3.05) is 26.3 Å². The molecular weight excluding hydrogens is 460 g/mol. The largest absolute Gasteiger partial charge is 0.465 e. The molecule has 2 saturated heterocycles. The van der Waals surface area contributed by atoms with Crippen molar-refractivity contribution in [3.05, 3.63) is 24.3 Å². The quantitative estimate of drug-likeness (QED) is 0.327. The van der Waals surface area contributed by atoms with Crippen LogP contribution in [0.2, 0.25) is 0 Å². The number of fused-ring (bicyclic) bond motifs is 2. The number of hydrogen-bond acceptors (Lipinski definition) is 6. The average molecular weight is 503 g/mol. The van der Waals surface area contributed by atoms with Gasteiger partial charge in [-0.2, -0.15) is 0 Å². The van der Waals surface area contributed by atoms with E-state index in [0.717, 1.165) is 12.8 Å². The number of aliphatic hydroxyl groups is 1. The third-order valence-electron chi connectivity index (χ3n) is 7.87. The number of aliphatic hydroxyl groups excluding tert-OH is 1. The molecule has 2 amide bonds. The van der Waals surface area contributed by atoms with Crippen molar-refractivity contribution < 1.29 is 29.0 Å². The first-order valence-electron chi connectivity index (χ1n) is 13.3. The summed E-state index contributed by atoms with van der Waals surface area (Å²) >= 11 is 0. The van der Waals surface area contributed by atoms with Crippen LogP contribution in [0.25, 0.3) is 0 Å². The molecular formula is C28H42N2O6. The molecule has 0 radical (unpaired) electrons. The maximum atomic E-state index is 14.4. The van der Waals surface area contributed by atoms with E-state index in [1.807, 2.05) is 29.2 Å². The fourth-order valence-electron chi connectivity index (χ4n) is 6.86. The lowest BCUT2D eigenvalue weighted by atomic mass is 9.77. The molecule has 2 fully saturated rings. The van der Waals surface area contributed by atoms with Gasteiger partial charge >= 0.3 is 5.97 Å². The van der Waals surface area contributed by atoms with Gasteiger partial charge in [-0.25, -0.2) is 0 Å². The molecule has 5 atom stereocenters. The Morgan fingerprint density at radius 3 is 2.50 bits per heavy atom. The summed E-state index contributed by atoms with van der Waals surface area (Å²) in [7, 11) is 0. The third kappa shape index (κ3) is 4.74. The number of cyclic esters (lactones) is 1. The summed E-state index contributed by atoms with van der Waals surface area (Å²) in [5.41, 5.74) is -1.67. The zero-order valence-electron chi connectivity index (χ0n) is 22.4. The molecule has 4 rings (SSSR count). The topological polar surface area (TPSA) is 96.4 Å².